The Bertz CT molecular complexity index is 146. The molecule has 0 aliphatic heterocycles. The van der Waals surface area contributed by atoms with Crippen molar-refractivity contribution in [3.05, 3.63) is 0 Å². The Hall–Kier alpha value is -0.0400. The Labute approximate surface area is 76.2 Å². The summed E-state index contributed by atoms with van der Waals surface area (Å²) in [5, 5.41) is 9.71. The summed E-state index contributed by atoms with van der Waals surface area (Å²) < 4.78 is 0. The van der Waals surface area contributed by atoms with Crippen LogP contribution in [0.5, 0.6) is 0 Å². The molecule has 1 heteroatoms. The highest BCUT2D eigenvalue weighted by Gasteiger charge is 2.32. The molecule has 72 valence electrons. The van der Waals surface area contributed by atoms with E-state index in [-0.39, 0.29) is 6.10 Å². The van der Waals surface area contributed by atoms with Crippen LogP contribution in [-0.4, -0.2) is 11.2 Å². The van der Waals surface area contributed by atoms with Gasteiger partial charge in [0.25, 0.3) is 0 Å². The molecular formula is C11H22O. The summed E-state index contributed by atoms with van der Waals surface area (Å²) in [7, 11) is 0. The van der Waals surface area contributed by atoms with Crippen molar-refractivity contribution in [3.63, 3.8) is 0 Å². The summed E-state index contributed by atoms with van der Waals surface area (Å²) in [6.07, 6.45) is 3.44. The maximum Gasteiger partial charge on any atom is 0.0568 e. The van der Waals surface area contributed by atoms with Gasteiger partial charge in [0.2, 0.25) is 0 Å². The van der Waals surface area contributed by atoms with E-state index in [0.717, 1.165) is 6.42 Å². The smallest absolute Gasteiger partial charge is 0.0568 e. The summed E-state index contributed by atoms with van der Waals surface area (Å²) in [6, 6.07) is 0. The molecular weight excluding hydrogens is 148 g/mol. The molecule has 0 radical (unpaired) electrons. The normalized spacial score (nSPS) is 38.2. The lowest BCUT2D eigenvalue weighted by Crippen LogP contribution is -2.33. The van der Waals surface area contributed by atoms with Gasteiger partial charge in [-0.15, -0.1) is 0 Å². The minimum Gasteiger partial charge on any atom is -0.393 e. The van der Waals surface area contributed by atoms with Gasteiger partial charge < -0.3 is 5.11 Å². The molecule has 1 nitrogen and oxygen atoms in total. The van der Waals surface area contributed by atoms with Gasteiger partial charge in [-0.1, -0.05) is 27.7 Å². The Balaban J connectivity index is 2.51. The van der Waals surface area contributed by atoms with Crippen LogP contribution in [0.3, 0.4) is 0 Å². The van der Waals surface area contributed by atoms with Crippen LogP contribution in [0.4, 0.5) is 0 Å². The molecule has 0 bridgehead atoms. The molecule has 1 rings (SSSR count). The van der Waals surface area contributed by atoms with Crippen molar-refractivity contribution >= 4 is 0 Å². The van der Waals surface area contributed by atoms with Gasteiger partial charge in [0.1, 0.15) is 0 Å². The van der Waals surface area contributed by atoms with Gasteiger partial charge in [0.05, 0.1) is 6.10 Å². The topological polar surface area (TPSA) is 20.2 Å². The van der Waals surface area contributed by atoms with Gasteiger partial charge in [-0.3, -0.25) is 0 Å². The first kappa shape index (κ1) is 10.0. The Morgan fingerprint density at radius 3 is 2.17 bits per heavy atom. The van der Waals surface area contributed by atoms with Gasteiger partial charge in [0, 0.05) is 0 Å². The summed E-state index contributed by atoms with van der Waals surface area (Å²) in [6.45, 7) is 8.99. The first-order valence-corrected chi connectivity index (χ1v) is 5.09. The standard InChI is InChI=1S/C11H22O/c1-8-5-6-9(7-10(8)12)11(2,3)4/h8-10,12H,5-7H2,1-4H3. The third-order valence-electron chi connectivity index (χ3n) is 3.38. The van der Waals surface area contributed by atoms with Crippen LogP contribution in [0.2, 0.25) is 0 Å². The zero-order valence-corrected chi connectivity index (χ0v) is 8.80. The second kappa shape index (κ2) is 3.37. The van der Waals surface area contributed by atoms with E-state index < -0.39 is 0 Å². The van der Waals surface area contributed by atoms with Crippen molar-refractivity contribution in [2.45, 2.75) is 53.1 Å². The Morgan fingerprint density at radius 2 is 1.75 bits per heavy atom. The van der Waals surface area contributed by atoms with Gasteiger partial charge in [-0.2, -0.15) is 0 Å². The lowest BCUT2D eigenvalue weighted by Gasteiger charge is -2.38. The molecule has 1 aliphatic carbocycles. The summed E-state index contributed by atoms with van der Waals surface area (Å²) in [5.74, 6) is 1.23. The van der Waals surface area contributed by atoms with Crippen LogP contribution in [0.15, 0.2) is 0 Å². The largest absolute Gasteiger partial charge is 0.393 e. The Morgan fingerprint density at radius 1 is 1.17 bits per heavy atom. The fourth-order valence-electron chi connectivity index (χ4n) is 2.08. The van der Waals surface area contributed by atoms with E-state index in [1.54, 1.807) is 0 Å². The number of aliphatic hydroxyl groups excluding tert-OH is 1. The molecule has 0 aromatic heterocycles. The molecule has 3 atom stereocenters. The SMILES string of the molecule is CC1CCC(C(C)(C)C)CC1O. The second-order valence-electron chi connectivity index (χ2n) is 5.42. The van der Waals surface area contributed by atoms with Crippen LogP contribution >= 0.6 is 0 Å². The van der Waals surface area contributed by atoms with Crippen LogP contribution < -0.4 is 0 Å². The van der Waals surface area contributed by atoms with E-state index in [1.807, 2.05) is 0 Å². The lowest BCUT2D eigenvalue weighted by molar-refractivity contribution is 0.0202. The highest BCUT2D eigenvalue weighted by atomic mass is 16.3. The first-order chi connectivity index (χ1) is 5.41. The molecule has 0 amide bonds. The molecule has 0 heterocycles. The molecule has 0 saturated heterocycles. The summed E-state index contributed by atoms with van der Waals surface area (Å²) in [5.41, 5.74) is 0.376. The fourth-order valence-corrected chi connectivity index (χ4v) is 2.08. The van der Waals surface area contributed by atoms with E-state index in [9.17, 15) is 5.11 Å². The van der Waals surface area contributed by atoms with Crippen LogP contribution in [-0.2, 0) is 0 Å². The third-order valence-corrected chi connectivity index (χ3v) is 3.38. The minimum atomic E-state index is -0.0528. The van der Waals surface area contributed by atoms with E-state index in [2.05, 4.69) is 27.7 Å². The van der Waals surface area contributed by atoms with E-state index in [4.69, 9.17) is 0 Å². The molecule has 1 fully saturated rings. The van der Waals surface area contributed by atoms with Crippen LogP contribution in [0.25, 0.3) is 0 Å². The molecule has 0 aromatic carbocycles. The third kappa shape index (κ3) is 2.22. The predicted molar refractivity (Wildman–Crippen MR) is 52.0 cm³/mol. The molecule has 3 unspecified atom stereocenters. The van der Waals surface area contributed by atoms with Gasteiger partial charge in [-0.05, 0) is 36.5 Å². The summed E-state index contributed by atoms with van der Waals surface area (Å²) in [4.78, 5) is 0. The fraction of sp³-hybridized carbons (Fsp3) is 1.00. The summed E-state index contributed by atoms with van der Waals surface area (Å²) >= 11 is 0. The highest BCUT2D eigenvalue weighted by Crippen LogP contribution is 2.39. The maximum absolute atomic E-state index is 9.71. The van der Waals surface area contributed by atoms with Gasteiger partial charge in [-0.25, -0.2) is 0 Å². The van der Waals surface area contributed by atoms with Crippen LogP contribution in [0, 0.1) is 17.3 Å². The van der Waals surface area contributed by atoms with E-state index >= 15 is 0 Å². The number of hydrogen-bond acceptors (Lipinski definition) is 1. The van der Waals surface area contributed by atoms with Crippen molar-refractivity contribution in [1.29, 1.82) is 0 Å². The van der Waals surface area contributed by atoms with Crippen molar-refractivity contribution in [3.8, 4) is 0 Å². The molecule has 0 aromatic rings. The quantitative estimate of drug-likeness (QED) is 0.592. The predicted octanol–water partition coefficient (Wildman–Crippen LogP) is 2.83. The molecule has 1 saturated carbocycles. The van der Waals surface area contributed by atoms with Crippen LogP contribution in [0.1, 0.15) is 47.0 Å². The number of aliphatic hydroxyl groups is 1. The minimum absolute atomic E-state index is 0.0528. The average molecular weight is 170 g/mol. The van der Waals surface area contributed by atoms with E-state index in [1.165, 1.54) is 12.8 Å². The number of hydrogen-bond donors (Lipinski definition) is 1. The first-order valence-electron chi connectivity index (χ1n) is 5.09. The zero-order valence-electron chi connectivity index (χ0n) is 8.80. The van der Waals surface area contributed by atoms with Crippen molar-refractivity contribution in [1.82, 2.24) is 0 Å². The monoisotopic (exact) mass is 170 g/mol. The zero-order chi connectivity index (χ0) is 9.35. The van der Waals surface area contributed by atoms with Crippen molar-refractivity contribution < 1.29 is 5.11 Å². The molecule has 1 aliphatic rings. The number of rotatable bonds is 0. The second-order valence-corrected chi connectivity index (χ2v) is 5.42. The lowest BCUT2D eigenvalue weighted by atomic mass is 9.69. The maximum atomic E-state index is 9.71. The van der Waals surface area contributed by atoms with Crippen molar-refractivity contribution in [2.75, 3.05) is 0 Å². The average Bonchev–Trinajstić information content (AvgIpc) is 1.92. The van der Waals surface area contributed by atoms with Gasteiger partial charge in [0.15, 0.2) is 0 Å². The molecule has 0 spiro atoms. The highest BCUT2D eigenvalue weighted by molar-refractivity contribution is 4.83. The Kier molecular flexibility index (Phi) is 2.82. The molecule has 1 N–H and O–H groups in total. The molecule has 12 heavy (non-hydrogen) atoms. The van der Waals surface area contributed by atoms with E-state index in [0.29, 0.717) is 17.3 Å². The van der Waals surface area contributed by atoms with Gasteiger partial charge >= 0.3 is 0 Å². The van der Waals surface area contributed by atoms with Crippen molar-refractivity contribution in [2.24, 2.45) is 17.3 Å².